The molecule has 0 bridgehead atoms. The van der Waals surface area contributed by atoms with Gasteiger partial charge < -0.3 is 5.32 Å². The lowest BCUT2D eigenvalue weighted by Gasteiger charge is -2.00. The highest BCUT2D eigenvalue weighted by Gasteiger charge is 1.90. The van der Waals surface area contributed by atoms with Crippen LogP contribution in [0.1, 0.15) is 10.4 Å². The number of aldehydes is 1. The Kier molecular flexibility index (Phi) is 2.92. The summed E-state index contributed by atoms with van der Waals surface area (Å²) in [7, 11) is 0. The maximum Gasteiger partial charge on any atom is 0.150 e. The number of carbonyl (C=O) groups excluding carboxylic acids is 1. The molecule has 0 saturated heterocycles. The van der Waals surface area contributed by atoms with Gasteiger partial charge >= 0.3 is 0 Å². The van der Waals surface area contributed by atoms with Crippen molar-refractivity contribution >= 4 is 12.0 Å². The van der Waals surface area contributed by atoms with Crippen molar-refractivity contribution < 1.29 is 4.79 Å². The number of hydrogen-bond acceptors (Lipinski definition) is 2. The van der Waals surface area contributed by atoms with Crippen molar-refractivity contribution in [1.82, 2.24) is 0 Å². The largest absolute Gasteiger partial charge is 0.374 e. The molecule has 0 unspecified atom stereocenters. The highest BCUT2D eigenvalue weighted by atomic mass is 16.1. The third kappa shape index (κ3) is 2.14. The van der Waals surface area contributed by atoms with Crippen LogP contribution in [0.25, 0.3) is 0 Å². The van der Waals surface area contributed by atoms with Crippen LogP contribution in [0.15, 0.2) is 24.3 Å². The molecule has 0 aliphatic rings. The average molecular weight is 159 g/mol. The fourth-order valence-corrected chi connectivity index (χ4v) is 0.833. The number of carbonyl (C=O) groups is 1. The number of benzene rings is 1. The van der Waals surface area contributed by atoms with E-state index in [-0.39, 0.29) is 0 Å². The third-order valence-electron chi connectivity index (χ3n) is 1.44. The van der Waals surface area contributed by atoms with Gasteiger partial charge in [0.1, 0.15) is 6.29 Å². The van der Waals surface area contributed by atoms with E-state index in [1.54, 1.807) is 12.1 Å². The smallest absolute Gasteiger partial charge is 0.150 e. The normalized spacial score (nSPS) is 8.58. The number of terminal acetylenes is 1. The minimum atomic E-state index is 0.500. The first-order valence-corrected chi connectivity index (χ1v) is 3.59. The molecular weight excluding hydrogens is 150 g/mol. The summed E-state index contributed by atoms with van der Waals surface area (Å²) in [5.41, 5.74) is 1.60. The molecule has 12 heavy (non-hydrogen) atoms. The van der Waals surface area contributed by atoms with E-state index in [0.29, 0.717) is 12.1 Å². The number of hydrogen-bond donors (Lipinski definition) is 1. The van der Waals surface area contributed by atoms with Crippen LogP contribution in [0.5, 0.6) is 0 Å². The summed E-state index contributed by atoms with van der Waals surface area (Å²) in [6.07, 6.45) is 5.87. The molecule has 60 valence electrons. The first kappa shape index (κ1) is 8.35. The fourth-order valence-electron chi connectivity index (χ4n) is 0.833. The molecule has 1 aromatic rings. The molecule has 1 rings (SSSR count). The summed E-state index contributed by atoms with van der Waals surface area (Å²) in [5, 5.41) is 2.99. The van der Waals surface area contributed by atoms with Crippen molar-refractivity contribution in [1.29, 1.82) is 0 Å². The molecule has 0 spiro atoms. The first-order chi connectivity index (χ1) is 5.86. The fraction of sp³-hybridized carbons (Fsp3) is 0.100. The zero-order chi connectivity index (χ0) is 8.81. The average Bonchev–Trinajstić information content (AvgIpc) is 2.15. The zero-order valence-corrected chi connectivity index (χ0v) is 6.58. The van der Waals surface area contributed by atoms with Gasteiger partial charge in [-0.15, -0.1) is 6.42 Å². The standard InChI is InChI=1S/C10H9NO/c1-2-7-11-10-5-3-9(8-12)4-6-10/h1,3-6,8,11H,7H2. The Bertz CT molecular complexity index is 295. The van der Waals surface area contributed by atoms with Gasteiger partial charge in [-0.25, -0.2) is 0 Å². The van der Waals surface area contributed by atoms with Crippen molar-refractivity contribution in [2.24, 2.45) is 0 Å². The Morgan fingerprint density at radius 3 is 2.58 bits per heavy atom. The van der Waals surface area contributed by atoms with E-state index < -0.39 is 0 Å². The van der Waals surface area contributed by atoms with Gasteiger partial charge in [0.15, 0.2) is 0 Å². The quantitative estimate of drug-likeness (QED) is 0.535. The summed E-state index contributed by atoms with van der Waals surface area (Å²) in [6.45, 7) is 0.500. The zero-order valence-electron chi connectivity index (χ0n) is 6.58. The van der Waals surface area contributed by atoms with Crippen LogP contribution in [0.4, 0.5) is 5.69 Å². The van der Waals surface area contributed by atoms with Crippen LogP contribution in [0.3, 0.4) is 0 Å². The van der Waals surface area contributed by atoms with E-state index >= 15 is 0 Å². The summed E-state index contributed by atoms with van der Waals surface area (Å²) >= 11 is 0. The van der Waals surface area contributed by atoms with E-state index in [1.807, 2.05) is 12.1 Å². The van der Waals surface area contributed by atoms with Crippen LogP contribution < -0.4 is 5.32 Å². The SMILES string of the molecule is C#CCNc1ccc(C=O)cc1. The van der Waals surface area contributed by atoms with Gasteiger partial charge in [0.25, 0.3) is 0 Å². The summed E-state index contributed by atoms with van der Waals surface area (Å²) < 4.78 is 0. The van der Waals surface area contributed by atoms with Gasteiger partial charge in [-0.3, -0.25) is 4.79 Å². The molecule has 2 nitrogen and oxygen atoms in total. The van der Waals surface area contributed by atoms with Gasteiger partial charge in [-0.05, 0) is 24.3 Å². The Morgan fingerprint density at radius 1 is 1.42 bits per heavy atom. The Hall–Kier alpha value is -1.75. The van der Waals surface area contributed by atoms with E-state index in [9.17, 15) is 4.79 Å². The van der Waals surface area contributed by atoms with E-state index in [1.165, 1.54) is 0 Å². The Labute approximate surface area is 71.6 Å². The Morgan fingerprint density at radius 2 is 2.08 bits per heavy atom. The van der Waals surface area contributed by atoms with Gasteiger partial charge in [0.2, 0.25) is 0 Å². The predicted octanol–water partition coefficient (Wildman–Crippen LogP) is 1.54. The second-order valence-electron chi connectivity index (χ2n) is 2.30. The van der Waals surface area contributed by atoms with Crippen molar-refractivity contribution in [2.45, 2.75) is 0 Å². The topological polar surface area (TPSA) is 29.1 Å². The van der Waals surface area contributed by atoms with Crippen LogP contribution in [-0.4, -0.2) is 12.8 Å². The van der Waals surface area contributed by atoms with Gasteiger partial charge in [-0.1, -0.05) is 5.92 Å². The number of rotatable bonds is 3. The molecule has 0 saturated carbocycles. The third-order valence-corrected chi connectivity index (χ3v) is 1.44. The molecule has 1 aromatic carbocycles. The highest BCUT2D eigenvalue weighted by molar-refractivity contribution is 5.75. The van der Waals surface area contributed by atoms with Crippen LogP contribution in [0.2, 0.25) is 0 Å². The van der Waals surface area contributed by atoms with Crippen LogP contribution >= 0.6 is 0 Å². The summed E-state index contributed by atoms with van der Waals surface area (Å²) in [6, 6.07) is 7.12. The minimum Gasteiger partial charge on any atom is -0.374 e. The molecule has 0 aliphatic heterocycles. The van der Waals surface area contributed by atoms with Crippen LogP contribution in [-0.2, 0) is 0 Å². The predicted molar refractivity (Wildman–Crippen MR) is 49.2 cm³/mol. The lowest BCUT2D eigenvalue weighted by atomic mass is 10.2. The minimum absolute atomic E-state index is 0.500. The lowest BCUT2D eigenvalue weighted by Crippen LogP contribution is -1.97. The molecule has 2 heteroatoms. The van der Waals surface area contributed by atoms with E-state index in [0.717, 1.165) is 12.0 Å². The van der Waals surface area contributed by atoms with E-state index in [2.05, 4.69) is 11.2 Å². The number of nitrogens with one attached hydrogen (secondary N) is 1. The van der Waals surface area contributed by atoms with Crippen molar-refractivity contribution in [3.05, 3.63) is 29.8 Å². The maximum atomic E-state index is 10.3. The maximum absolute atomic E-state index is 10.3. The van der Waals surface area contributed by atoms with Crippen molar-refractivity contribution in [3.8, 4) is 12.3 Å². The summed E-state index contributed by atoms with van der Waals surface area (Å²) in [4.78, 5) is 10.3. The van der Waals surface area contributed by atoms with Gasteiger partial charge in [0, 0.05) is 11.3 Å². The lowest BCUT2D eigenvalue weighted by molar-refractivity contribution is 0.112. The second-order valence-corrected chi connectivity index (χ2v) is 2.30. The molecule has 0 heterocycles. The molecule has 0 atom stereocenters. The summed E-state index contributed by atoms with van der Waals surface area (Å²) in [5.74, 6) is 2.46. The van der Waals surface area contributed by atoms with Crippen molar-refractivity contribution in [2.75, 3.05) is 11.9 Å². The van der Waals surface area contributed by atoms with Crippen molar-refractivity contribution in [3.63, 3.8) is 0 Å². The van der Waals surface area contributed by atoms with Gasteiger partial charge in [0.05, 0.1) is 6.54 Å². The molecule has 0 amide bonds. The first-order valence-electron chi connectivity index (χ1n) is 3.59. The van der Waals surface area contributed by atoms with Gasteiger partial charge in [-0.2, -0.15) is 0 Å². The molecule has 0 radical (unpaired) electrons. The second kappa shape index (κ2) is 4.20. The molecular formula is C10H9NO. The molecule has 0 fully saturated rings. The van der Waals surface area contributed by atoms with Crippen LogP contribution in [0, 0.1) is 12.3 Å². The molecule has 0 aromatic heterocycles. The molecule has 0 aliphatic carbocycles. The number of anilines is 1. The van der Waals surface area contributed by atoms with E-state index in [4.69, 9.17) is 6.42 Å². The Balaban J connectivity index is 2.66. The molecule has 1 N–H and O–H groups in total. The highest BCUT2D eigenvalue weighted by Crippen LogP contribution is 2.06. The monoisotopic (exact) mass is 159 g/mol.